The van der Waals surface area contributed by atoms with Crippen molar-refractivity contribution in [1.82, 2.24) is 0 Å². The minimum Gasteiger partial charge on any atom is -0.391 e. The van der Waals surface area contributed by atoms with E-state index in [9.17, 15) is 5.11 Å². The molecule has 1 nitrogen and oxygen atoms in total. The molecule has 0 saturated carbocycles. The van der Waals surface area contributed by atoms with Gasteiger partial charge in [-0.05, 0) is 29.7 Å². The highest BCUT2D eigenvalue weighted by atomic mass is 32.1. The van der Waals surface area contributed by atoms with Crippen molar-refractivity contribution in [3.05, 3.63) is 132 Å². The summed E-state index contributed by atoms with van der Waals surface area (Å²) >= 11 is 4.73. The van der Waals surface area contributed by atoms with Gasteiger partial charge in [-0.3, -0.25) is 0 Å². The highest BCUT2D eigenvalue weighted by molar-refractivity contribution is 7.86. The van der Waals surface area contributed by atoms with Crippen molar-refractivity contribution in [3.8, 4) is 0 Å². The van der Waals surface area contributed by atoms with E-state index in [-0.39, 0.29) is 10.8 Å². The summed E-state index contributed by atoms with van der Waals surface area (Å²) in [6.07, 6.45) is 0.212. The molecule has 0 aromatic heterocycles. The summed E-state index contributed by atoms with van der Waals surface area (Å²) in [5.41, 5.74) is 2.37. The van der Waals surface area contributed by atoms with Crippen molar-refractivity contribution in [1.29, 1.82) is 0 Å². The fourth-order valence-corrected chi connectivity index (χ4v) is 5.45. The maximum atomic E-state index is 9.46. The molecule has 0 saturated heterocycles. The van der Waals surface area contributed by atoms with Gasteiger partial charge in [0.05, 0.1) is 10.8 Å². The van der Waals surface area contributed by atoms with E-state index in [0.29, 0.717) is 0 Å². The van der Waals surface area contributed by atoms with Crippen LogP contribution in [0.1, 0.15) is 11.1 Å². The van der Waals surface area contributed by atoms with E-state index in [2.05, 4.69) is 57.8 Å². The van der Waals surface area contributed by atoms with Crippen LogP contribution in [0.2, 0.25) is 0 Å². The normalized spacial score (nSPS) is 10.9. The van der Waals surface area contributed by atoms with E-state index in [1.807, 2.05) is 72.8 Å². The fourth-order valence-electron chi connectivity index (χ4n) is 3.08. The molecule has 152 valence electrons. The highest BCUT2D eigenvalue weighted by Crippen LogP contribution is 2.42. The predicted molar refractivity (Wildman–Crippen MR) is 139 cm³/mol. The highest BCUT2D eigenvalue weighted by Gasteiger charge is 2.23. The summed E-state index contributed by atoms with van der Waals surface area (Å²) in [5.74, 6) is 0. The van der Waals surface area contributed by atoms with Crippen molar-refractivity contribution in [2.45, 2.75) is 4.49 Å². The molecule has 0 amide bonds. The Labute approximate surface area is 188 Å². The molecule has 30 heavy (non-hydrogen) atoms. The van der Waals surface area contributed by atoms with Gasteiger partial charge in [-0.2, -0.15) is 12.6 Å². The molecular weight excluding hydrogens is 422 g/mol. The second-order valence-corrected chi connectivity index (χ2v) is 11.0. The summed E-state index contributed by atoms with van der Waals surface area (Å²) in [4.78, 5) is 0. The summed E-state index contributed by atoms with van der Waals surface area (Å²) in [6.45, 7) is 0. The summed E-state index contributed by atoms with van der Waals surface area (Å²) in [6, 6.07) is 40.9. The van der Waals surface area contributed by atoms with Gasteiger partial charge in [0.2, 0.25) is 0 Å². The molecule has 0 fully saturated rings. The standard InChI is InChI=1S/C13H13OP.C13H13PS/c14-11-15(12-7-3-1-4-8-12)13-9-5-2-6-10-13;14-13(15,11-7-3-1-4-8-11)12-9-5-2-6-10-12/h1-10,14H,11H2;1-10,15H,14H2. The minimum absolute atomic E-state index is 0.212. The Hall–Kier alpha value is -1.95. The van der Waals surface area contributed by atoms with Crippen molar-refractivity contribution in [2.75, 3.05) is 6.35 Å². The molecule has 0 bridgehead atoms. The Morgan fingerprint density at radius 2 is 0.900 bits per heavy atom. The Morgan fingerprint density at radius 3 is 1.20 bits per heavy atom. The first-order valence-electron chi connectivity index (χ1n) is 9.73. The topological polar surface area (TPSA) is 20.2 Å². The molecular formula is C26H26OP2S. The Morgan fingerprint density at radius 1 is 0.600 bits per heavy atom. The largest absolute Gasteiger partial charge is 0.391 e. The van der Waals surface area contributed by atoms with E-state index in [1.54, 1.807) is 0 Å². The molecule has 1 unspecified atom stereocenters. The molecule has 0 radical (unpaired) electrons. The van der Waals surface area contributed by atoms with Gasteiger partial charge in [0.15, 0.2) is 0 Å². The van der Waals surface area contributed by atoms with Gasteiger partial charge in [0.25, 0.3) is 0 Å². The Balaban J connectivity index is 0.000000171. The van der Waals surface area contributed by atoms with E-state index < -0.39 is 7.92 Å². The number of hydrogen-bond acceptors (Lipinski definition) is 2. The van der Waals surface area contributed by atoms with Gasteiger partial charge in [-0.25, -0.2) is 0 Å². The average Bonchev–Trinajstić information content (AvgIpc) is 2.83. The lowest BCUT2D eigenvalue weighted by Crippen LogP contribution is -2.13. The number of benzene rings is 4. The number of rotatable bonds is 5. The van der Waals surface area contributed by atoms with Crippen LogP contribution in [0, 0.1) is 0 Å². The molecule has 0 spiro atoms. The predicted octanol–water partition coefficient (Wildman–Crippen LogP) is 5.76. The lowest BCUT2D eigenvalue weighted by atomic mass is 10.0. The molecule has 0 aliphatic rings. The number of hydrogen-bond donors (Lipinski definition) is 2. The second-order valence-electron chi connectivity index (χ2n) is 6.74. The zero-order chi connectivity index (χ0) is 21.2. The van der Waals surface area contributed by atoms with Gasteiger partial charge in [-0.1, -0.05) is 121 Å². The van der Waals surface area contributed by atoms with Crippen LogP contribution in [0.5, 0.6) is 0 Å². The quantitative estimate of drug-likeness (QED) is 0.294. The molecule has 4 heteroatoms. The third-order valence-electron chi connectivity index (χ3n) is 4.70. The zero-order valence-electron chi connectivity index (χ0n) is 16.7. The molecule has 0 heterocycles. The monoisotopic (exact) mass is 448 g/mol. The van der Waals surface area contributed by atoms with Gasteiger partial charge < -0.3 is 5.11 Å². The summed E-state index contributed by atoms with van der Waals surface area (Å²) < 4.78 is -0.303. The first kappa shape index (κ1) is 22.7. The molecule has 4 rings (SSSR count). The van der Waals surface area contributed by atoms with Crippen LogP contribution in [0.25, 0.3) is 0 Å². The van der Waals surface area contributed by atoms with Crippen molar-refractivity contribution in [3.63, 3.8) is 0 Å². The number of thiol groups is 1. The van der Waals surface area contributed by atoms with E-state index in [0.717, 1.165) is 0 Å². The summed E-state index contributed by atoms with van der Waals surface area (Å²) in [7, 11) is 2.22. The molecule has 1 N–H and O–H groups in total. The molecule has 0 aliphatic carbocycles. The number of aliphatic hydroxyl groups excluding tert-OH is 1. The van der Waals surface area contributed by atoms with Crippen LogP contribution < -0.4 is 10.6 Å². The third kappa shape index (κ3) is 6.03. The van der Waals surface area contributed by atoms with E-state index in [4.69, 9.17) is 12.6 Å². The molecule has 4 aromatic rings. The van der Waals surface area contributed by atoms with Crippen molar-refractivity contribution in [2.24, 2.45) is 0 Å². The second kappa shape index (κ2) is 11.4. The zero-order valence-corrected chi connectivity index (χ0v) is 19.6. The van der Waals surface area contributed by atoms with E-state index in [1.165, 1.54) is 21.7 Å². The van der Waals surface area contributed by atoms with Crippen LogP contribution in [-0.2, 0) is 4.49 Å². The first-order chi connectivity index (χ1) is 14.6. The minimum atomic E-state index is -0.593. The smallest absolute Gasteiger partial charge is 0.0764 e. The van der Waals surface area contributed by atoms with Crippen molar-refractivity contribution < 1.29 is 5.11 Å². The lowest BCUT2D eigenvalue weighted by Gasteiger charge is -2.24. The molecule has 1 atom stereocenters. The SMILES string of the molecule is OCP(c1ccccc1)c1ccccc1.PC(S)(c1ccccc1)c1ccccc1. The fraction of sp³-hybridized carbons (Fsp3) is 0.0769. The van der Waals surface area contributed by atoms with Crippen LogP contribution in [0.3, 0.4) is 0 Å². The maximum absolute atomic E-state index is 9.46. The molecule has 4 aromatic carbocycles. The van der Waals surface area contributed by atoms with Crippen LogP contribution in [0.4, 0.5) is 0 Å². The van der Waals surface area contributed by atoms with Crippen LogP contribution >= 0.6 is 29.8 Å². The van der Waals surface area contributed by atoms with Gasteiger partial charge >= 0.3 is 0 Å². The first-order valence-corrected chi connectivity index (χ1v) is 12.3. The maximum Gasteiger partial charge on any atom is 0.0764 e. The lowest BCUT2D eigenvalue weighted by molar-refractivity contribution is 0.372. The third-order valence-corrected chi connectivity index (χ3v) is 8.01. The average molecular weight is 449 g/mol. The van der Waals surface area contributed by atoms with E-state index >= 15 is 0 Å². The van der Waals surface area contributed by atoms with Gasteiger partial charge in [-0.15, -0.1) is 9.24 Å². The Bertz CT molecular complexity index is 913. The van der Waals surface area contributed by atoms with Crippen LogP contribution in [-0.4, -0.2) is 11.5 Å². The van der Waals surface area contributed by atoms with Gasteiger partial charge in [0, 0.05) is 0 Å². The van der Waals surface area contributed by atoms with Gasteiger partial charge in [0.1, 0.15) is 0 Å². The number of aliphatic hydroxyl groups is 1. The van der Waals surface area contributed by atoms with Crippen molar-refractivity contribution >= 4 is 40.4 Å². The summed E-state index contributed by atoms with van der Waals surface area (Å²) in [5, 5.41) is 11.9. The molecule has 0 aliphatic heterocycles. The van der Waals surface area contributed by atoms with Crippen LogP contribution in [0.15, 0.2) is 121 Å². The Kier molecular flexibility index (Phi) is 8.67.